The van der Waals surface area contributed by atoms with Gasteiger partial charge in [0, 0.05) is 28.9 Å². The highest BCUT2D eigenvalue weighted by Crippen LogP contribution is 2.25. The van der Waals surface area contributed by atoms with Crippen molar-refractivity contribution in [3.63, 3.8) is 0 Å². The van der Waals surface area contributed by atoms with E-state index in [1.54, 1.807) is 0 Å². The van der Waals surface area contributed by atoms with Crippen LogP contribution in [0.15, 0.2) is 28.7 Å². The van der Waals surface area contributed by atoms with Gasteiger partial charge in [-0.25, -0.2) is 0 Å². The van der Waals surface area contributed by atoms with Crippen molar-refractivity contribution >= 4 is 27.7 Å². The van der Waals surface area contributed by atoms with Gasteiger partial charge in [-0.2, -0.15) is 11.8 Å². The molecule has 0 spiro atoms. The van der Waals surface area contributed by atoms with Crippen molar-refractivity contribution in [3.05, 3.63) is 34.3 Å². The van der Waals surface area contributed by atoms with Gasteiger partial charge in [-0.05, 0) is 37.9 Å². The minimum atomic E-state index is 0.121. The summed E-state index contributed by atoms with van der Waals surface area (Å²) >= 11 is 5.38. The SMILES string of the molecule is CSCCN(C)C(c1cccc(Br)c1)C(C)N. The van der Waals surface area contributed by atoms with Crippen LogP contribution >= 0.6 is 27.7 Å². The Labute approximate surface area is 117 Å². The zero-order chi connectivity index (χ0) is 12.8. The molecule has 0 saturated carbocycles. The van der Waals surface area contributed by atoms with Crippen molar-refractivity contribution in [2.24, 2.45) is 5.73 Å². The van der Waals surface area contributed by atoms with Gasteiger partial charge in [0.2, 0.25) is 0 Å². The molecule has 2 nitrogen and oxygen atoms in total. The van der Waals surface area contributed by atoms with Gasteiger partial charge in [0.25, 0.3) is 0 Å². The molecule has 0 fully saturated rings. The summed E-state index contributed by atoms with van der Waals surface area (Å²) in [4.78, 5) is 2.34. The van der Waals surface area contributed by atoms with Crippen molar-refractivity contribution in [3.8, 4) is 0 Å². The Morgan fingerprint density at radius 1 is 1.47 bits per heavy atom. The van der Waals surface area contributed by atoms with Crippen molar-refractivity contribution in [1.29, 1.82) is 0 Å². The van der Waals surface area contributed by atoms with Crippen molar-refractivity contribution in [2.75, 3.05) is 25.6 Å². The Balaban J connectivity index is 2.85. The van der Waals surface area contributed by atoms with Gasteiger partial charge in [-0.3, -0.25) is 4.90 Å². The van der Waals surface area contributed by atoms with E-state index in [1.165, 1.54) is 5.56 Å². The monoisotopic (exact) mass is 316 g/mol. The Morgan fingerprint density at radius 2 is 2.18 bits per heavy atom. The van der Waals surface area contributed by atoms with E-state index in [9.17, 15) is 0 Å². The zero-order valence-corrected chi connectivity index (χ0v) is 13.1. The molecule has 17 heavy (non-hydrogen) atoms. The van der Waals surface area contributed by atoms with Crippen LogP contribution in [0.25, 0.3) is 0 Å². The molecule has 0 bridgehead atoms. The van der Waals surface area contributed by atoms with Gasteiger partial charge in [-0.15, -0.1) is 0 Å². The maximum absolute atomic E-state index is 6.13. The maximum atomic E-state index is 6.13. The molecule has 1 aromatic carbocycles. The van der Waals surface area contributed by atoms with Crippen LogP contribution in [-0.4, -0.2) is 36.5 Å². The molecule has 0 amide bonds. The fourth-order valence-corrected chi connectivity index (χ4v) is 2.91. The number of thioether (sulfide) groups is 1. The van der Waals surface area contributed by atoms with E-state index in [-0.39, 0.29) is 12.1 Å². The third-order valence-corrected chi connectivity index (χ3v) is 3.90. The topological polar surface area (TPSA) is 29.3 Å². The lowest BCUT2D eigenvalue weighted by atomic mass is 10.00. The molecule has 4 heteroatoms. The highest BCUT2D eigenvalue weighted by Gasteiger charge is 2.20. The van der Waals surface area contributed by atoms with Crippen LogP contribution in [0.1, 0.15) is 18.5 Å². The predicted molar refractivity (Wildman–Crippen MR) is 81.5 cm³/mol. The largest absolute Gasteiger partial charge is 0.326 e. The summed E-state index contributed by atoms with van der Waals surface area (Å²) in [5.74, 6) is 1.13. The van der Waals surface area contributed by atoms with Crippen molar-refractivity contribution in [1.82, 2.24) is 4.90 Å². The standard InChI is InChI=1S/C13H21BrN2S/c1-10(15)13(16(2)7-8-17-3)11-5-4-6-12(14)9-11/h4-6,9-10,13H,7-8,15H2,1-3H3. The molecular weight excluding hydrogens is 296 g/mol. The molecule has 0 aliphatic rings. The van der Waals surface area contributed by atoms with Gasteiger partial charge < -0.3 is 5.73 Å². The van der Waals surface area contributed by atoms with Crippen LogP contribution in [-0.2, 0) is 0 Å². The van der Waals surface area contributed by atoms with Crippen LogP contribution in [0.2, 0.25) is 0 Å². The Bertz CT molecular complexity index is 344. The smallest absolute Gasteiger partial charge is 0.0494 e. The summed E-state index contributed by atoms with van der Waals surface area (Å²) < 4.78 is 1.11. The summed E-state index contributed by atoms with van der Waals surface area (Å²) in [6, 6.07) is 8.81. The van der Waals surface area contributed by atoms with Gasteiger partial charge in [0.05, 0.1) is 0 Å². The Hall–Kier alpha value is -0.0300. The third-order valence-electron chi connectivity index (χ3n) is 2.81. The van der Waals surface area contributed by atoms with Crippen LogP contribution in [0, 0.1) is 0 Å². The summed E-state index contributed by atoms with van der Waals surface area (Å²) in [7, 11) is 2.14. The molecule has 0 heterocycles. The molecule has 0 aromatic heterocycles. The molecule has 2 N–H and O–H groups in total. The molecule has 0 saturated heterocycles. The molecule has 2 atom stereocenters. The Kier molecular flexibility index (Phi) is 6.55. The lowest BCUT2D eigenvalue weighted by Gasteiger charge is -2.31. The lowest BCUT2D eigenvalue weighted by Crippen LogP contribution is -2.38. The Morgan fingerprint density at radius 3 is 2.71 bits per heavy atom. The fraction of sp³-hybridized carbons (Fsp3) is 0.538. The quantitative estimate of drug-likeness (QED) is 0.874. The van der Waals surface area contributed by atoms with Crippen molar-refractivity contribution < 1.29 is 0 Å². The molecule has 0 radical (unpaired) electrons. The molecule has 96 valence electrons. The second kappa shape index (κ2) is 7.41. The molecule has 1 aromatic rings. The van der Waals surface area contributed by atoms with Gasteiger partial charge in [0.1, 0.15) is 0 Å². The van der Waals surface area contributed by atoms with E-state index < -0.39 is 0 Å². The second-order valence-electron chi connectivity index (χ2n) is 4.33. The second-order valence-corrected chi connectivity index (χ2v) is 6.23. The zero-order valence-electron chi connectivity index (χ0n) is 10.7. The van der Waals surface area contributed by atoms with Crippen LogP contribution in [0.5, 0.6) is 0 Å². The number of hydrogen-bond donors (Lipinski definition) is 1. The minimum absolute atomic E-state index is 0.121. The summed E-state index contributed by atoms with van der Waals surface area (Å²) in [5.41, 5.74) is 7.40. The highest BCUT2D eigenvalue weighted by atomic mass is 79.9. The average molecular weight is 317 g/mol. The fourth-order valence-electron chi connectivity index (χ4n) is 2.02. The summed E-state index contributed by atoms with van der Waals surface area (Å²) in [6.07, 6.45) is 2.13. The number of rotatable bonds is 6. The van der Waals surface area contributed by atoms with Gasteiger partial charge in [-0.1, -0.05) is 28.1 Å². The molecule has 0 aliphatic carbocycles. The van der Waals surface area contributed by atoms with E-state index in [0.29, 0.717) is 0 Å². The summed E-state index contributed by atoms with van der Waals surface area (Å²) in [6.45, 7) is 3.13. The number of hydrogen-bond acceptors (Lipinski definition) is 3. The van der Waals surface area contributed by atoms with Gasteiger partial charge >= 0.3 is 0 Å². The number of nitrogens with zero attached hydrogens (tertiary/aromatic N) is 1. The average Bonchev–Trinajstić information content (AvgIpc) is 2.26. The lowest BCUT2D eigenvalue weighted by molar-refractivity contribution is 0.232. The van der Waals surface area contributed by atoms with Crippen molar-refractivity contribution in [2.45, 2.75) is 19.0 Å². The maximum Gasteiger partial charge on any atom is 0.0494 e. The molecule has 0 aliphatic heterocycles. The number of likely N-dealkylation sites (N-methyl/N-ethyl adjacent to an activating group) is 1. The highest BCUT2D eigenvalue weighted by molar-refractivity contribution is 9.10. The first-order valence-electron chi connectivity index (χ1n) is 5.76. The predicted octanol–water partition coefficient (Wildman–Crippen LogP) is 3.13. The van der Waals surface area contributed by atoms with Crippen LogP contribution in [0.4, 0.5) is 0 Å². The van der Waals surface area contributed by atoms with E-state index in [4.69, 9.17) is 5.73 Å². The molecule has 1 rings (SSSR count). The molecular formula is C13H21BrN2S. The van der Waals surface area contributed by atoms with E-state index >= 15 is 0 Å². The van der Waals surface area contributed by atoms with Gasteiger partial charge in [0.15, 0.2) is 0 Å². The first kappa shape index (κ1) is 15.0. The number of halogens is 1. The normalized spacial score (nSPS) is 14.9. The van der Waals surface area contributed by atoms with E-state index in [1.807, 2.05) is 17.8 Å². The third kappa shape index (κ3) is 4.62. The molecule has 2 unspecified atom stereocenters. The van der Waals surface area contributed by atoms with Crippen LogP contribution < -0.4 is 5.73 Å². The van der Waals surface area contributed by atoms with Crippen LogP contribution in [0.3, 0.4) is 0 Å². The number of nitrogens with two attached hydrogens (primary N) is 1. The summed E-state index contributed by atoms with van der Waals surface area (Å²) in [5, 5.41) is 0. The first-order chi connectivity index (χ1) is 8.06. The first-order valence-corrected chi connectivity index (χ1v) is 7.95. The van der Waals surface area contributed by atoms with E-state index in [2.05, 4.69) is 59.3 Å². The van der Waals surface area contributed by atoms with E-state index in [0.717, 1.165) is 16.8 Å². The number of benzene rings is 1. The minimum Gasteiger partial charge on any atom is -0.326 e.